The van der Waals surface area contributed by atoms with Crippen LogP contribution in [0.3, 0.4) is 0 Å². The van der Waals surface area contributed by atoms with Gasteiger partial charge in [0, 0.05) is 11.1 Å². The van der Waals surface area contributed by atoms with Crippen molar-refractivity contribution in [2.24, 2.45) is 5.10 Å². The summed E-state index contributed by atoms with van der Waals surface area (Å²) in [6.45, 7) is 8.75. The molecule has 34 heavy (non-hydrogen) atoms. The third-order valence-electron chi connectivity index (χ3n) is 5.21. The largest absolute Gasteiger partial charge is 0.490 e. The molecule has 0 radical (unpaired) electrons. The monoisotopic (exact) mass is 453 g/mol. The first-order chi connectivity index (χ1) is 16.7. The molecule has 0 N–H and O–H groups in total. The molecule has 0 aliphatic rings. The number of para-hydroxylation sites is 1. The number of nitrogens with zero attached hydrogens (tertiary/aromatic N) is 3. The van der Waals surface area contributed by atoms with E-state index in [1.165, 1.54) is 4.68 Å². The molecule has 0 aliphatic carbocycles. The first-order valence-electron chi connectivity index (χ1n) is 11.3. The lowest BCUT2D eigenvalue weighted by molar-refractivity contribution is 0.285. The van der Waals surface area contributed by atoms with Gasteiger partial charge in [-0.05, 0) is 50.1 Å². The maximum Gasteiger partial charge on any atom is 0.282 e. The maximum atomic E-state index is 13.4. The highest BCUT2D eigenvalue weighted by Gasteiger charge is 2.14. The number of benzene rings is 3. The first kappa shape index (κ1) is 23.0. The van der Waals surface area contributed by atoms with Crippen LogP contribution < -0.4 is 15.0 Å². The van der Waals surface area contributed by atoms with E-state index < -0.39 is 0 Å². The molecule has 1 heterocycles. The molecule has 0 fully saturated rings. The molecule has 0 saturated heterocycles. The maximum absolute atomic E-state index is 13.4. The van der Waals surface area contributed by atoms with Gasteiger partial charge >= 0.3 is 0 Å². The van der Waals surface area contributed by atoms with Crippen LogP contribution in [0.5, 0.6) is 11.5 Å². The Morgan fingerprint density at radius 1 is 1.00 bits per heavy atom. The number of hydrogen-bond acceptors (Lipinski definition) is 5. The normalized spacial score (nSPS) is 11.1. The molecule has 0 amide bonds. The Morgan fingerprint density at radius 2 is 1.74 bits per heavy atom. The van der Waals surface area contributed by atoms with Crippen molar-refractivity contribution in [3.05, 3.63) is 101 Å². The first-order valence-corrected chi connectivity index (χ1v) is 11.3. The van der Waals surface area contributed by atoms with Crippen molar-refractivity contribution in [3.8, 4) is 22.9 Å². The Hall–Kier alpha value is -4.19. The number of hydrogen-bond donors (Lipinski definition) is 0. The summed E-state index contributed by atoms with van der Waals surface area (Å²) in [7, 11) is 0. The number of aromatic nitrogens is 2. The van der Waals surface area contributed by atoms with Crippen molar-refractivity contribution < 1.29 is 9.47 Å². The van der Waals surface area contributed by atoms with Crippen LogP contribution >= 0.6 is 0 Å². The molecule has 0 aliphatic heterocycles. The van der Waals surface area contributed by atoms with Gasteiger partial charge < -0.3 is 9.47 Å². The fourth-order valence-corrected chi connectivity index (χ4v) is 3.77. The molecule has 3 aromatic carbocycles. The van der Waals surface area contributed by atoms with Crippen LogP contribution in [-0.4, -0.2) is 29.1 Å². The Labute approximate surface area is 198 Å². The topological polar surface area (TPSA) is 65.7 Å². The summed E-state index contributed by atoms with van der Waals surface area (Å²) >= 11 is 0. The van der Waals surface area contributed by atoms with Gasteiger partial charge in [0.2, 0.25) is 0 Å². The number of fused-ring (bicyclic) bond motifs is 1. The van der Waals surface area contributed by atoms with Crippen LogP contribution in [0.1, 0.15) is 25.0 Å². The summed E-state index contributed by atoms with van der Waals surface area (Å²) in [6.07, 6.45) is 4.08. The van der Waals surface area contributed by atoms with Crippen LogP contribution in [0.4, 0.5) is 0 Å². The van der Waals surface area contributed by atoms with Gasteiger partial charge in [-0.1, -0.05) is 48.5 Å². The summed E-state index contributed by atoms with van der Waals surface area (Å²) in [5, 5.41) is 5.08. The fraction of sp³-hybridized carbons (Fsp3) is 0.179. The van der Waals surface area contributed by atoms with E-state index >= 15 is 0 Å². The van der Waals surface area contributed by atoms with Crippen LogP contribution in [0.15, 0.2) is 89.3 Å². The molecule has 6 heteroatoms. The zero-order valence-electron chi connectivity index (χ0n) is 19.4. The van der Waals surface area contributed by atoms with E-state index in [2.05, 4.69) is 11.7 Å². The predicted molar refractivity (Wildman–Crippen MR) is 137 cm³/mol. The summed E-state index contributed by atoms with van der Waals surface area (Å²) in [5.74, 6) is 1.82. The number of rotatable bonds is 9. The highest BCUT2D eigenvalue weighted by molar-refractivity contribution is 5.83. The molecule has 0 unspecified atom stereocenters. The number of allylic oxidation sites excluding steroid dienone is 1. The van der Waals surface area contributed by atoms with Crippen molar-refractivity contribution in [1.82, 2.24) is 9.66 Å². The molecule has 0 bridgehead atoms. The van der Waals surface area contributed by atoms with Gasteiger partial charge in [-0.2, -0.15) is 9.78 Å². The zero-order chi connectivity index (χ0) is 23.9. The number of ether oxygens (including phenoxy) is 2. The summed E-state index contributed by atoms with van der Waals surface area (Å²) in [4.78, 5) is 18.1. The molecule has 1 aromatic heterocycles. The highest BCUT2D eigenvalue weighted by atomic mass is 16.5. The summed E-state index contributed by atoms with van der Waals surface area (Å²) in [6, 6.07) is 20.7. The van der Waals surface area contributed by atoms with Gasteiger partial charge in [0.15, 0.2) is 17.3 Å². The van der Waals surface area contributed by atoms with Gasteiger partial charge in [0.1, 0.15) is 0 Å². The highest BCUT2D eigenvalue weighted by Crippen LogP contribution is 2.33. The molecule has 0 atom stereocenters. The molecule has 0 spiro atoms. The van der Waals surface area contributed by atoms with Crippen molar-refractivity contribution in [1.29, 1.82) is 0 Å². The quantitative estimate of drug-likeness (QED) is 0.249. The average Bonchev–Trinajstić information content (AvgIpc) is 2.86. The third kappa shape index (κ3) is 4.76. The van der Waals surface area contributed by atoms with Gasteiger partial charge in [-0.25, -0.2) is 4.98 Å². The predicted octanol–water partition coefficient (Wildman–Crippen LogP) is 5.47. The second-order valence-corrected chi connectivity index (χ2v) is 7.55. The molecule has 4 rings (SSSR count). The summed E-state index contributed by atoms with van der Waals surface area (Å²) in [5.41, 5.74) is 2.92. The van der Waals surface area contributed by atoms with E-state index in [9.17, 15) is 4.79 Å². The van der Waals surface area contributed by atoms with Gasteiger partial charge in [-0.15, -0.1) is 6.58 Å². The fourth-order valence-electron chi connectivity index (χ4n) is 3.77. The van der Waals surface area contributed by atoms with Crippen LogP contribution in [0, 0.1) is 0 Å². The van der Waals surface area contributed by atoms with E-state index in [0.717, 1.165) is 16.7 Å². The van der Waals surface area contributed by atoms with Gasteiger partial charge in [0.05, 0.1) is 30.3 Å². The van der Waals surface area contributed by atoms with Crippen molar-refractivity contribution in [2.45, 2.75) is 20.3 Å². The lowest BCUT2D eigenvalue weighted by Crippen LogP contribution is -2.20. The standard InChI is InChI=1S/C28H27N3O3/c1-4-12-22-17-20(18-25(33-5-2)26(22)34-6-3)19-29-31-27(21-13-8-7-9-14-21)30-24-16-11-10-15-23(24)28(31)32/h4,7-11,13-19H,1,5-6,12H2,2-3H3. The van der Waals surface area contributed by atoms with Gasteiger partial charge in [0.25, 0.3) is 5.56 Å². The van der Waals surface area contributed by atoms with Crippen molar-refractivity contribution in [3.63, 3.8) is 0 Å². The SMILES string of the molecule is C=CCc1cc(C=Nn2c(-c3ccccc3)nc3ccccc3c2=O)cc(OCC)c1OCC. The smallest absolute Gasteiger partial charge is 0.282 e. The minimum absolute atomic E-state index is 0.233. The second kappa shape index (κ2) is 10.6. The van der Waals surface area contributed by atoms with Crippen LogP contribution in [-0.2, 0) is 6.42 Å². The Bertz CT molecular complexity index is 1390. The third-order valence-corrected chi connectivity index (χ3v) is 5.21. The Balaban J connectivity index is 1.87. The minimum Gasteiger partial charge on any atom is -0.490 e. The van der Waals surface area contributed by atoms with E-state index in [4.69, 9.17) is 14.5 Å². The molecular formula is C28H27N3O3. The minimum atomic E-state index is -0.233. The molecule has 0 saturated carbocycles. The van der Waals surface area contributed by atoms with Gasteiger partial charge in [-0.3, -0.25) is 4.79 Å². The molecule has 6 nitrogen and oxygen atoms in total. The van der Waals surface area contributed by atoms with Crippen LogP contribution in [0.2, 0.25) is 0 Å². The Kier molecular flexibility index (Phi) is 7.18. The molecular weight excluding hydrogens is 426 g/mol. The van der Waals surface area contributed by atoms with E-state index in [1.807, 2.05) is 80.6 Å². The zero-order valence-corrected chi connectivity index (χ0v) is 19.4. The van der Waals surface area contributed by atoms with Crippen molar-refractivity contribution in [2.75, 3.05) is 13.2 Å². The Morgan fingerprint density at radius 3 is 2.47 bits per heavy atom. The van der Waals surface area contributed by atoms with Crippen molar-refractivity contribution >= 4 is 17.1 Å². The summed E-state index contributed by atoms with van der Waals surface area (Å²) < 4.78 is 13.0. The molecule has 4 aromatic rings. The molecule has 172 valence electrons. The van der Waals surface area contributed by atoms with E-state index in [0.29, 0.717) is 47.9 Å². The lowest BCUT2D eigenvalue weighted by atomic mass is 10.1. The van der Waals surface area contributed by atoms with E-state index in [1.54, 1.807) is 12.3 Å². The van der Waals surface area contributed by atoms with E-state index in [-0.39, 0.29) is 5.56 Å². The second-order valence-electron chi connectivity index (χ2n) is 7.55. The lowest BCUT2D eigenvalue weighted by Gasteiger charge is -2.15. The average molecular weight is 454 g/mol. The van der Waals surface area contributed by atoms with Crippen LogP contribution in [0.25, 0.3) is 22.3 Å².